The molecule has 2 amide bonds. The summed E-state index contributed by atoms with van der Waals surface area (Å²) < 4.78 is 4.81. The molecule has 0 aromatic rings. The molecule has 1 unspecified atom stereocenters. The van der Waals surface area contributed by atoms with Crippen LogP contribution in [0.1, 0.15) is 13.3 Å². The van der Waals surface area contributed by atoms with E-state index in [0.29, 0.717) is 19.6 Å². The molecular weight excluding hydrogens is 212 g/mol. The first-order valence-corrected chi connectivity index (χ1v) is 5.05. The predicted octanol–water partition coefficient (Wildman–Crippen LogP) is -1.02. The Morgan fingerprint density at radius 2 is 2.00 bits per heavy atom. The van der Waals surface area contributed by atoms with Crippen molar-refractivity contribution in [2.24, 2.45) is 0 Å². The van der Waals surface area contributed by atoms with E-state index in [4.69, 9.17) is 4.74 Å². The Morgan fingerprint density at radius 3 is 2.44 bits per heavy atom. The Hall–Kier alpha value is -1.14. The summed E-state index contributed by atoms with van der Waals surface area (Å²) in [6, 6.07) is 0. The Kier molecular flexibility index (Phi) is 5.98. The molecule has 0 aliphatic rings. The lowest BCUT2D eigenvalue weighted by Crippen LogP contribution is -2.54. The SMILES string of the molecule is COCCCNC(=O)C(C)(O)C(=O)N(C)C. The molecule has 0 aliphatic heterocycles. The topological polar surface area (TPSA) is 78.9 Å². The van der Waals surface area contributed by atoms with E-state index >= 15 is 0 Å². The normalized spacial score (nSPS) is 14.1. The van der Waals surface area contributed by atoms with Gasteiger partial charge in [-0.3, -0.25) is 9.59 Å². The molecule has 0 spiro atoms. The second-order valence-electron chi connectivity index (χ2n) is 3.87. The Morgan fingerprint density at radius 1 is 1.44 bits per heavy atom. The maximum Gasteiger partial charge on any atom is 0.263 e. The Labute approximate surface area is 95.6 Å². The molecule has 6 nitrogen and oxygen atoms in total. The number of nitrogens with one attached hydrogen (secondary N) is 1. The average Bonchev–Trinajstić information content (AvgIpc) is 2.22. The van der Waals surface area contributed by atoms with Crippen LogP contribution < -0.4 is 5.32 Å². The maximum atomic E-state index is 11.5. The summed E-state index contributed by atoms with van der Waals surface area (Å²) in [5.41, 5.74) is -2.02. The molecule has 0 aromatic heterocycles. The van der Waals surface area contributed by atoms with Gasteiger partial charge in [0.05, 0.1) is 0 Å². The minimum absolute atomic E-state index is 0.365. The number of carbonyl (C=O) groups is 2. The molecule has 0 heterocycles. The van der Waals surface area contributed by atoms with E-state index in [0.717, 1.165) is 0 Å². The molecular formula is C10H20N2O4. The molecule has 1 atom stereocenters. The molecule has 6 heteroatoms. The predicted molar refractivity (Wildman–Crippen MR) is 58.8 cm³/mol. The molecule has 0 radical (unpaired) electrons. The molecule has 16 heavy (non-hydrogen) atoms. The monoisotopic (exact) mass is 232 g/mol. The number of hydrogen-bond acceptors (Lipinski definition) is 4. The minimum atomic E-state index is -2.02. The molecule has 94 valence electrons. The zero-order chi connectivity index (χ0) is 12.8. The van der Waals surface area contributed by atoms with Gasteiger partial charge in [-0.1, -0.05) is 0 Å². The van der Waals surface area contributed by atoms with Crippen LogP contribution in [0.4, 0.5) is 0 Å². The van der Waals surface area contributed by atoms with Crippen molar-refractivity contribution in [2.75, 3.05) is 34.4 Å². The average molecular weight is 232 g/mol. The standard InChI is InChI=1S/C10H20N2O4/c1-10(15,9(14)12(2)3)8(13)11-6-5-7-16-4/h15H,5-7H2,1-4H3,(H,11,13). The highest BCUT2D eigenvalue weighted by molar-refractivity contribution is 6.07. The quantitative estimate of drug-likeness (QED) is 0.454. The number of aliphatic hydroxyl groups is 1. The lowest BCUT2D eigenvalue weighted by atomic mass is 10.0. The highest BCUT2D eigenvalue weighted by Crippen LogP contribution is 2.06. The van der Waals surface area contributed by atoms with Crippen LogP contribution in [0.15, 0.2) is 0 Å². The highest BCUT2D eigenvalue weighted by atomic mass is 16.5. The smallest absolute Gasteiger partial charge is 0.263 e. The van der Waals surface area contributed by atoms with Gasteiger partial charge in [0, 0.05) is 34.4 Å². The third-order valence-corrected chi connectivity index (χ3v) is 2.08. The van der Waals surface area contributed by atoms with Crippen molar-refractivity contribution < 1.29 is 19.4 Å². The van der Waals surface area contributed by atoms with Crippen molar-refractivity contribution in [1.82, 2.24) is 10.2 Å². The van der Waals surface area contributed by atoms with Gasteiger partial charge in [-0.2, -0.15) is 0 Å². The van der Waals surface area contributed by atoms with Gasteiger partial charge >= 0.3 is 0 Å². The van der Waals surface area contributed by atoms with Gasteiger partial charge in [-0.15, -0.1) is 0 Å². The van der Waals surface area contributed by atoms with E-state index in [2.05, 4.69) is 5.32 Å². The number of likely N-dealkylation sites (N-methyl/N-ethyl adjacent to an activating group) is 1. The number of ether oxygens (including phenoxy) is 1. The van der Waals surface area contributed by atoms with E-state index in [9.17, 15) is 14.7 Å². The largest absolute Gasteiger partial charge is 0.385 e. The van der Waals surface area contributed by atoms with Crippen molar-refractivity contribution >= 4 is 11.8 Å². The zero-order valence-corrected chi connectivity index (χ0v) is 10.2. The van der Waals surface area contributed by atoms with E-state index < -0.39 is 17.4 Å². The van der Waals surface area contributed by atoms with Crippen LogP contribution in [-0.2, 0) is 14.3 Å². The van der Waals surface area contributed by atoms with Crippen molar-refractivity contribution in [2.45, 2.75) is 18.9 Å². The van der Waals surface area contributed by atoms with Crippen LogP contribution in [0, 0.1) is 0 Å². The number of carbonyl (C=O) groups excluding carboxylic acids is 2. The van der Waals surface area contributed by atoms with Gasteiger partial charge in [-0.25, -0.2) is 0 Å². The lowest BCUT2D eigenvalue weighted by molar-refractivity contribution is -0.157. The van der Waals surface area contributed by atoms with Crippen molar-refractivity contribution in [3.63, 3.8) is 0 Å². The third-order valence-electron chi connectivity index (χ3n) is 2.08. The fraction of sp³-hybridized carbons (Fsp3) is 0.800. The fourth-order valence-electron chi connectivity index (χ4n) is 1.12. The van der Waals surface area contributed by atoms with Crippen molar-refractivity contribution in [3.05, 3.63) is 0 Å². The van der Waals surface area contributed by atoms with Crippen LogP contribution in [-0.4, -0.2) is 61.8 Å². The number of rotatable bonds is 6. The van der Waals surface area contributed by atoms with E-state index in [-0.39, 0.29) is 0 Å². The van der Waals surface area contributed by atoms with E-state index in [1.54, 1.807) is 7.11 Å². The first-order chi connectivity index (χ1) is 7.34. The van der Waals surface area contributed by atoms with E-state index in [1.165, 1.54) is 25.9 Å². The van der Waals surface area contributed by atoms with Crippen LogP contribution >= 0.6 is 0 Å². The minimum Gasteiger partial charge on any atom is -0.385 e. The fourth-order valence-corrected chi connectivity index (χ4v) is 1.12. The van der Waals surface area contributed by atoms with Gasteiger partial charge in [-0.05, 0) is 13.3 Å². The van der Waals surface area contributed by atoms with Gasteiger partial charge in [0.25, 0.3) is 11.8 Å². The van der Waals surface area contributed by atoms with Gasteiger partial charge < -0.3 is 20.1 Å². The van der Waals surface area contributed by atoms with Crippen LogP contribution in [0.25, 0.3) is 0 Å². The number of amides is 2. The summed E-state index contributed by atoms with van der Waals surface area (Å²) in [5.74, 6) is -1.33. The van der Waals surface area contributed by atoms with Crippen LogP contribution in [0.3, 0.4) is 0 Å². The van der Waals surface area contributed by atoms with Gasteiger partial charge in [0.15, 0.2) is 0 Å². The lowest BCUT2D eigenvalue weighted by Gasteiger charge is -2.24. The number of methoxy groups -OCH3 is 1. The summed E-state index contributed by atoms with van der Waals surface area (Å²) >= 11 is 0. The van der Waals surface area contributed by atoms with Crippen molar-refractivity contribution in [3.8, 4) is 0 Å². The molecule has 0 rings (SSSR count). The molecule has 0 bridgehead atoms. The summed E-state index contributed by atoms with van der Waals surface area (Å²) in [5, 5.41) is 12.2. The molecule has 0 aromatic carbocycles. The first-order valence-electron chi connectivity index (χ1n) is 5.05. The number of nitrogens with zero attached hydrogens (tertiary/aromatic N) is 1. The van der Waals surface area contributed by atoms with Crippen molar-refractivity contribution in [1.29, 1.82) is 0 Å². The molecule has 2 N–H and O–H groups in total. The number of hydrogen-bond donors (Lipinski definition) is 2. The Bertz CT molecular complexity index is 251. The summed E-state index contributed by atoms with van der Waals surface area (Å²) in [6.07, 6.45) is 0.633. The maximum absolute atomic E-state index is 11.5. The third kappa shape index (κ3) is 4.16. The highest BCUT2D eigenvalue weighted by Gasteiger charge is 2.39. The second kappa shape index (κ2) is 6.44. The van der Waals surface area contributed by atoms with Gasteiger partial charge in [0.1, 0.15) is 0 Å². The molecule has 0 saturated carbocycles. The summed E-state index contributed by atoms with van der Waals surface area (Å²) in [4.78, 5) is 24.2. The van der Waals surface area contributed by atoms with Crippen LogP contribution in [0.5, 0.6) is 0 Å². The zero-order valence-electron chi connectivity index (χ0n) is 10.2. The Balaban J connectivity index is 4.20. The van der Waals surface area contributed by atoms with Crippen LogP contribution in [0.2, 0.25) is 0 Å². The second-order valence-corrected chi connectivity index (χ2v) is 3.87. The molecule has 0 fully saturated rings. The summed E-state index contributed by atoms with van der Waals surface area (Å²) in [6.45, 7) is 2.06. The molecule has 0 aliphatic carbocycles. The van der Waals surface area contributed by atoms with E-state index in [1.807, 2.05) is 0 Å². The van der Waals surface area contributed by atoms with Gasteiger partial charge in [0.2, 0.25) is 5.60 Å². The first kappa shape index (κ1) is 14.9. The summed E-state index contributed by atoms with van der Waals surface area (Å²) in [7, 11) is 4.53. The molecule has 0 saturated heterocycles.